The predicted molar refractivity (Wildman–Crippen MR) is 160 cm³/mol. The summed E-state index contributed by atoms with van der Waals surface area (Å²) in [6, 6.07) is 4.64. The lowest BCUT2D eigenvalue weighted by Gasteiger charge is -2.15. The van der Waals surface area contributed by atoms with Crippen molar-refractivity contribution in [2.24, 2.45) is 0 Å². The molecule has 3 N–H and O–H groups in total. The van der Waals surface area contributed by atoms with Crippen molar-refractivity contribution in [1.29, 1.82) is 0 Å². The quantitative estimate of drug-likeness (QED) is 0.0809. The first-order valence-corrected chi connectivity index (χ1v) is 13.8. The molecule has 4 aromatic rings. The van der Waals surface area contributed by atoms with Crippen LogP contribution in [0.4, 0.5) is 0 Å². The Morgan fingerprint density at radius 3 is 1.69 bits per heavy atom. The first-order valence-electron chi connectivity index (χ1n) is 8.34. The van der Waals surface area contributed by atoms with Crippen LogP contribution in [0.3, 0.4) is 0 Å². The number of fused-ring (bicyclic) bond motifs is 2. The summed E-state index contributed by atoms with van der Waals surface area (Å²) >= 11 is 27.0. The van der Waals surface area contributed by atoms with Gasteiger partial charge in [0.25, 0.3) is 0 Å². The molecule has 0 unspecified atom stereocenters. The number of rotatable bonds is 2. The zero-order valence-corrected chi connectivity index (χ0v) is 25.9. The highest BCUT2D eigenvalue weighted by atomic mass is 127. The lowest BCUT2D eigenvalue weighted by molar-refractivity contribution is 0.0698. The number of carboxylic acids is 1. The second-order valence-electron chi connectivity index (χ2n) is 6.48. The molecule has 164 valence electrons. The van der Waals surface area contributed by atoms with Gasteiger partial charge in [0.15, 0.2) is 18.6 Å². The molecule has 12 heteroatoms. The Morgan fingerprint density at radius 2 is 1.25 bits per heavy atom. The van der Waals surface area contributed by atoms with Crippen LogP contribution in [-0.2, 0) is 0 Å². The molecular weight excluding hydrogens is 934 g/mol. The molecule has 0 bridgehead atoms. The van der Waals surface area contributed by atoms with Gasteiger partial charge in [-0.15, -0.1) is 0 Å². The zero-order chi connectivity index (χ0) is 23.6. The molecule has 1 heterocycles. The third-order valence-corrected chi connectivity index (χ3v) is 9.41. The first kappa shape index (κ1) is 25.3. The molecule has 0 saturated carbocycles. The fraction of sp³-hybridized carbons (Fsp3) is 0. The van der Waals surface area contributed by atoms with Gasteiger partial charge in [-0.2, -0.15) is 0 Å². The second-order valence-corrected chi connectivity index (χ2v) is 12.2. The molecule has 0 spiro atoms. The van der Waals surface area contributed by atoms with Crippen LogP contribution in [-0.4, -0.2) is 21.3 Å². The van der Waals surface area contributed by atoms with E-state index in [-0.39, 0.29) is 37.7 Å². The highest BCUT2D eigenvalue weighted by Crippen LogP contribution is 2.49. The molecule has 0 aliphatic rings. The number of carbonyl (C=O) groups is 1. The Balaban J connectivity index is 2.43. The smallest absolute Gasteiger partial charge is 0.378 e. The van der Waals surface area contributed by atoms with Crippen molar-refractivity contribution < 1.29 is 24.5 Å². The van der Waals surface area contributed by atoms with Gasteiger partial charge >= 0.3 is 17.1 Å². The van der Waals surface area contributed by atoms with Crippen LogP contribution < -0.4 is 0 Å². The van der Waals surface area contributed by atoms with E-state index >= 15 is 0 Å². The monoisotopic (exact) mass is 939 g/mol. The summed E-state index contributed by atoms with van der Waals surface area (Å²) in [6.07, 6.45) is 0. The predicted octanol–water partition coefficient (Wildman–Crippen LogP) is 9.02. The van der Waals surface area contributed by atoms with E-state index in [2.05, 4.69) is 0 Å². The summed E-state index contributed by atoms with van der Waals surface area (Å²) in [5.41, 5.74) is 0.920. The van der Waals surface area contributed by atoms with Gasteiger partial charge in [0.05, 0.1) is 38.5 Å². The Hall–Kier alpha value is 0.190. The van der Waals surface area contributed by atoms with Gasteiger partial charge in [0, 0.05) is 11.1 Å². The van der Waals surface area contributed by atoms with Crippen LogP contribution >= 0.6 is 125 Å². The minimum Gasteiger partial charge on any atom is -0.505 e. The van der Waals surface area contributed by atoms with E-state index in [0.717, 1.165) is 0 Å². The van der Waals surface area contributed by atoms with Gasteiger partial charge in [-0.3, -0.25) is 0 Å². The van der Waals surface area contributed by atoms with Crippen molar-refractivity contribution in [2.45, 2.75) is 0 Å². The van der Waals surface area contributed by atoms with Crippen LogP contribution in [0.5, 0.6) is 11.5 Å². The van der Waals surface area contributed by atoms with Crippen LogP contribution in [0.15, 0.2) is 22.6 Å². The first-order chi connectivity index (χ1) is 15.0. The van der Waals surface area contributed by atoms with Crippen LogP contribution in [0.2, 0.25) is 15.1 Å². The van der Waals surface area contributed by atoms with Crippen LogP contribution in [0.25, 0.3) is 33.1 Å². The highest BCUT2D eigenvalue weighted by Gasteiger charge is 2.33. The van der Waals surface area contributed by atoms with E-state index in [1.807, 2.05) is 90.4 Å². The number of halogens is 7. The van der Waals surface area contributed by atoms with Crippen LogP contribution in [0, 0.1) is 14.3 Å². The van der Waals surface area contributed by atoms with E-state index in [1.165, 1.54) is 6.07 Å². The van der Waals surface area contributed by atoms with Crippen molar-refractivity contribution in [3.05, 3.63) is 53.1 Å². The number of benzene rings is 3. The number of aromatic hydroxyl groups is 2. The average molecular weight is 940 g/mol. The molecule has 0 aliphatic heterocycles. The van der Waals surface area contributed by atoms with E-state index in [1.54, 1.807) is 12.1 Å². The number of carboxylic acid groups (broad SMARTS) is 1. The van der Waals surface area contributed by atoms with Gasteiger partial charge in [0.2, 0.25) is 0 Å². The lowest BCUT2D eigenvalue weighted by atomic mass is 9.93. The molecule has 1 aromatic heterocycles. The minimum atomic E-state index is -1.28. The SMILES string of the molecule is O=C(O)c1c(Cl)cc(Cl)c(Cl)c1-c1c2cc(I)c(O)c(I)c2[o+]c2c(I)c(O)c(I)cc12. The van der Waals surface area contributed by atoms with Crippen molar-refractivity contribution >= 4 is 153 Å². The molecule has 3 aromatic carbocycles. The van der Waals surface area contributed by atoms with Gasteiger partial charge in [-0.25, -0.2) is 9.21 Å². The fourth-order valence-corrected chi connectivity index (χ4v) is 7.67. The topological polar surface area (TPSA) is 89.1 Å². The summed E-state index contributed by atoms with van der Waals surface area (Å²) in [5.74, 6) is -1.24. The number of hydrogen-bond donors (Lipinski definition) is 3. The van der Waals surface area contributed by atoms with Crippen molar-refractivity contribution in [2.75, 3.05) is 0 Å². The largest absolute Gasteiger partial charge is 0.505 e. The van der Waals surface area contributed by atoms with E-state index in [0.29, 0.717) is 41.8 Å². The van der Waals surface area contributed by atoms with Gasteiger partial charge in [-0.1, -0.05) is 34.8 Å². The molecule has 0 radical (unpaired) electrons. The second kappa shape index (κ2) is 9.33. The molecule has 32 heavy (non-hydrogen) atoms. The maximum atomic E-state index is 12.2. The third kappa shape index (κ3) is 4.00. The highest BCUT2D eigenvalue weighted by molar-refractivity contribution is 14.1. The zero-order valence-electron chi connectivity index (χ0n) is 15.0. The van der Waals surface area contributed by atoms with Crippen molar-refractivity contribution in [3.8, 4) is 22.6 Å². The summed E-state index contributed by atoms with van der Waals surface area (Å²) in [6.45, 7) is 0. The molecule has 0 amide bonds. The summed E-state index contributed by atoms with van der Waals surface area (Å²) in [5, 5.41) is 32.0. The third-order valence-electron chi connectivity index (χ3n) is 4.68. The maximum Gasteiger partial charge on any atom is 0.378 e. The molecule has 0 atom stereocenters. The molecule has 4 rings (SSSR count). The summed E-state index contributed by atoms with van der Waals surface area (Å²) in [4.78, 5) is 12.2. The Bertz CT molecular complexity index is 1440. The van der Waals surface area contributed by atoms with Gasteiger partial charge in [-0.05, 0) is 109 Å². The van der Waals surface area contributed by atoms with Gasteiger partial charge < -0.3 is 15.3 Å². The summed E-state index contributed by atoms with van der Waals surface area (Å²) in [7, 11) is 0. The lowest BCUT2D eigenvalue weighted by Crippen LogP contribution is -2.04. The van der Waals surface area contributed by atoms with Gasteiger partial charge in [0.1, 0.15) is 0 Å². The van der Waals surface area contributed by atoms with Crippen LogP contribution in [0.1, 0.15) is 10.4 Å². The molecule has 0 aliphatic carbocycles. The minimum absolute atomic E-state index is 0.0125. The van der Waals surface area contributed by atoms with E-state index in [9.17, 15) is 20.1 Å². The Kier molecular flexibility index (Phi) is 7.38. The fourth-order valence-electron chi connectivity index (χ4n) is 3.31. The number of phenols is 2. The van der Waals surface area contributed by atoms with Crippen molar-refractivity contribution in [1.82, 2.24) is 0 Å². The van der Waals surface area contributed by atoms with E-state index < -0.39 is 5.97 Å². The summed E-state index contributed by atoms with van der Waals surface area (Å²) < 4.78 is 8.04. The van der Waals surface area contributed by atoms with Crippen molar-refractivity contribution in [3.63, 3.8) is 0 Å². The molecular formula is C20H6Cl3I4O5+. The molecule has 0 fully saturated rings. The normalized spacial score (nSPS) is 11.5. The van der Waals surface area contributed by atoms with E-state index in [4.69, 9.17) is 39.2 Å². The Labute approximate surface area is 250 Å². The Morgan fingerprint density at radius 1 is 0.781 bits per heavy atom. The molecule has 0 saturated heterocycles. The molecule has 5 nitrogen and oxygen atoms in total. The standard InChI is InChI=1S/C20H5Cl3I4O5/c21-6-3-7(22)13(23)12(11(6)20(30)31)10-4-1-8(24)16(28)14(26)18(4)32-19-5(10)2-9(25)17(29)15(19)27/h1-3H,(H2-,28,29,30,31)/p+1. The average Bonchev–Trinajstić information content (AvgIpc) is 2.72. The number of phenolic OH excluding ortho intramolecular Hbond substituents is 2. The number of hydrogen-bond acceptors (Lipinski definition) is 3. The number of aromatic carboxylic acids is 1. The maximum absolute atomic E-state index is 12.2.